The third kappa shape index (κ3) is 12.2. The third-order valence-corrected chi connectivity index (χ3v) is 8.74. The first-order valence-electron chi connectivity index (χ1n) is 17.9. The van der Waals surface area contributed by atoms with Crippen LogP contribution in [-0.4, -0.2) is 24.9 Å². The van der Waals surface area contributed by atoms with Crippen molar-refractivity contribution in [1.82, 2.24) is 0 Å². The van der Waals surface area contributed by atoms with Crippen LogP contribution in [0.1, 0.15) is 125 Å². The summed E-state index contributed by atoms with van der Waals surface area (Å²) < 4.78 is 26.4. The third-order valence-electron chi connectivity index (χ3n) is 8.74. The molecule has 5 heteroatoms. The smallest absolute Gasteiger partial charge is 0.202 e. The Morgan fingerprint density at radius 3 is 1.23 bits per heavy atom. The van der Waals surface area contributed by atoms with Crippen LogP contribution in [0.4, 0.5) is 0 Å². The Morgan fingerprint density at radius 2 is 0.917 bits per heavy atom. The van der Waals surface area contributed by atoms with Gasteiger partial charge in [-0.05, 0) is 75.5 Å². The summed E-state index contributed by atoms with van der Waals surface area (Å²) in [6.45, 7) is 27.2. The molecule has 266 valence electrons. The predicted molar refractivity (Wildman–Crippen MR) is 201 cm³/mol. The van der Waals surface area contributed by atoms with Gasteiger partial charge in [-0.25, -0.2) is 0 Å². The summed E-state index contributed by atoms with van der Waals surface area (Å²) in [5.74, 6) is 0.326. The maximum atomic E-state index is 6.74. The van der Waals surface area contributed by atoms with Gasteiger partial charge in [-0.15, -0.1) is 0 Å². The molecule has 2 N–H and O–H groups in total. The van der Waals surface area contributed by atoms with Gasteiger partial charge in [-0.1, -0.05) is 138 Å². The van der Waals surface area contributed by atoms with Gasteiger partial charge in [-0.3, -0.25) is 0 Å². The molecule has 3 rings (SSSR count). The zero-order chi connectivity index (χ0) is 35.8. The van der Waals surface area contributed by atoms with E-state index >= 15 is 0 Å². The Balaban J connectivity index is 1.82. The Kier molecular flexibility index (Phi) is 13.4. The summed E-state index contributed by atoms with van der Waals surface area (Å²) in [6.07, 6.45) is 2.68. The van der Waals surface area contributed by atoms with E-state index in [1.54, 1.807) is 0 Å². The summed E-state index contributed by atoms with van der Waals surface area (Å²) in [5, 5.41) is 0. The van der Waals surface area contributed by atoms with E-state index < -0.39 is 18.4 Å². The van der Waals surface area contributed by atoms with Crippen LogP contribution in [0.2, 0.25) is 0 Å². The number of rotatable bonds is 17. The van der Waals surface area contributed by atoms with E-state index in [-0.39, 0.29) is 28.2 Å². The molecule has 3 aromatic rings. The summed E-state index contributed by atoms with van der Waals surface area (Å²) >= 11 is 0. The molecule has 48 heavy (non-hydrogen) atoms. The number of hydrogen-bond donors (Lipinski definition) is 1. The molecule has 0 saturated carbocycles. The van der Waals surface area contributed by atoms with Crippen LogP contribution in [0.15, 0.2) is 78.9 Å². The SMILES string of the molecule is CCC(Oc1ccc(C(C)(C)CC(C)(C)C)cc1)OC(CN)(Cc1ccccc1)OC(CC)Oc1ccc(C(C)(C)CC(C)(C)C)cc1. The summed E-state index contributed by atoms with van der Waals surface area (Å²) in [7, 11) is 0. The highest BCUT2D eigenvalue weighted by Crippen LogP contribution is 2.38. The van der Waals surface area contributed by atoms with Crippen molar-refractivity contribution in [3.63, 3.8) is 0 Å². The molecule has 0 spiro atoms. The Bertz CT molecular complexity index is 1280. The molecule has 0 heterocycles. The molecule has 0 aliphatic heterocycles. The lowest BCUT2D eigenvalue weighted by Gasteiger charge is -2.38. The lowest BCUT2D eigenvalue weighted by molar-refractivity contribution is -0.326. The lowest BCUT2D eigenvalue weighted by Crippen LogP contribution is -2.51. The van der Waals surface area contributed by atoms with Gasteiger partial charge in [0, 0.05) is 25.8 Å². The van der Waals surface area contributed by atoms with Crippen molar-refractivity contribution in [1.29, 1.82) is 0 Å². The first-order chi connectivity index (χ1) is 22.3. The molecule has 5 nitrogen and oxygen atoms in total. The minimum atomic E-state index is -1.17. The van der Waals surface area contributed by atoms with Crippen LogP contribution in [0.25, 0.3) is 0 Å². The highest BCUT2D eigenvalue weighted by atomic mass is 16.8. The first kappa shape index (κ1) is 39.6. The van der Waals surface area contributed by atoms with E-state index in [2.05, 4.69) is 106 Å². The van der Waals surface area contributed by atoms with Gasteiger partial charge in [0.25, 0.3) is 0 Å². The van der Waals surface area contributed by atoms with Crippen molar-refractivity contribution in [2.45, 2.75) is 144 Å². The molecule has 2 unspecified atom stereocenters. The molecule has 0 amide bonds. The van der Waals surface area contributed by atoms with Crippen molar-refractivity contribution >= 4 is 0 Å². The second-order valence-corrected chi connectivity index (χ2v) is 17.2. The molecule has 0 bridgehead atoms. The fraction of sp³-hybridized carbons (Fsp3) is 0.581. The van der Waals surface area contributed by atoms with E-state index in [0.29, 0.717) is 19.3 Å². The molecule has 0 saturated heterocycles. The van der Waals surface area contributed by atoms with E-state index in [1.807, 2.05) is 56.3 Å². The number of hydrogen-bond acceptors (Lipinski definition) is 5. The monoisotopic (exact) mass is 659 g/mol. The summed E-state index contributed by atoms with van der Waals surface area (Å²) in [6, 6.07) is 27.0. The maximum Gasteiger partial charge on any atom is 0.202 e. The lowest BCUT2D eigenvalue weighted by atomic mass is 9.72. The first-order valence-corrected chi connectivity index (χ1v) is 17.9. The second kappa shape index (κ2) is 16.2. The van der Waals surface area contributed by atoms with Gasteiger partial charge in [0.2, 0.25) is 12.6 Å². The quantitative estimate of drug-likeness (QED) is 0.146. The van der Waals surface area contributed by atoms with Crippen LogP contribution >= 0.6 is 0 Å². The Hall–Kier alpha value is -2.86. The fourth-order valence-corrected chi connectivity index (χ4v) is 7.18. The van der Waals surface area contributed by atoms with Crippen LogP contribution in [0.5, 0.6) is 11.5 Å². The second-order valence-electron chi connectivity index (χ2n) is 17.2. The van der Waals surface area contributed by atoms with Crippen LogP contribution in [0, 0.1) is 10.8 Å². The normalized spacial score (nSPS) is 15.4. The van der Waals surface area contributed by atoms with Gasteiger partial charge in [-0.2, -0.15) is 0 Å². The van der Waals surface area contributed by atoms with Crippen LogP contribution in [0.3, 0.4) is 0 Å². The fourth-order valence-electron chi connectivity index (χ4n) is 7.18. The van der Waals surface area contributed by atoms with Gasteiger partial charge in [0.05, 0.1) is 0 Å². The Labute approximate surface area is 292 Å². The Morgan fingerprint density at radius 1 is 0.542 bits per heavy atom. The topological polar surface area (TPSA) is 62.9 Å². The van der Waals surface area contributed by atoms with Gasteiger partial charge in [0.1, 0.15) is 11.5 Å². The van der Waals surface area contributed by atoms with Gasteiger partial charge < -0.3 is 24.7 Å². The van der Waals surface area contributed by atoms with Crippen molar-refractivity contribution in [3.8, 4) is 11.5 Å². The number of nitrogens with two attached hydrogens (primary N) is 1. The number of ether oxygens (including phenoxy) is 4. The molecule has 3 aromatic carbocycles. The summed E-state index contributed by atoms with van der Waals surface area (Å²) in [5.41, 5.74) is 10.7. The minimum absolute atomic E-state index is 0.0494. The van der Waals surface area contributed by atoms with E-state index in [4.69, 9.17) is 24.7 Å². The average molecular weight is 660 g/mol. The van der Waals surface area contributed by atoms with Crippen LogP contribution < -0.4 is 15.2 Å². The van der Waals surface area contributed by atoms with Crippen LogP contribution in [-0.2, 0) is 26.7 Å². The summed E-state index contributed by atoms with van der Waals surface area (Å²) in [4.78, 5) is 0. The van der Waals surface area contributed by atoms with Crippen molar-refractivity contribution < 1.29 is 18.9 Å². The molecule has 0 aromatic heterocycles. The van der Waals surface area contributed by atoms with Crippen molar-refractivity contribution in [2.75, 3.05) is 6.54 Å². The van der Waals surface area contributed by atoms with Crippen molar-refractivity contribution in [3.05, 3.63) is 95.6 Å². The highest BCUT2D eigenvalue weighted by molar-refractivity contribution is 5.33. The van der Waals surface area contributed by atoms with E-state index in [9.17, 15) is 0 Å². The molecule has 0 aliphatic rings. The average Bonchev–Trinajstić information content (AvgIpc) is 2.99. The zero-order valence-electron chi connectivity index (χ0n) is 32.1. The number of benzene rings is 3. The van der Waals surface area contributed by atoms with E-state index in [0.717, 1.165) is 29.9 Å². The maximum absolute atomic E-state index is 6.74. The zero-order valence-corrected chi connectivity index (χ0v) is 32.1. The van der Waals surface area contributed by atoms with Gasteiger partial charge >= 0.3 is 0 Å². The van der Waals surface area contributed by atoms with Crippen molar-refractivity contribution in [2.24, 2.45) is 16.6 Å². The standard InChI is InChI=1S/C43H65NO4/c1-13-37(45-35-24-20-33(21-25-35)41(9,10)29-39(3,4)5)47-43(31-44,28-32-18-16-15-17-19-32)48-38(14-2)46-36-26-22-34(23-27-36)42(11,12)30-40(6,7)8/h15-27,37-38H,13-14,28-31,44H2,1-12H3. The minimum Gasteiger partial charge on any atom is -0.465 e. The highest BCUT2D eigenvalue weighted by Gasteiger charge is 2.38. The van der Waals surface area contributed by atoms with Gasteiger partial charge in [0.15, 0.2) is 5.79 Å². The largest absolute Gasteiger partial charge is 0.465 e. The van der Waals surface area contributed by atoms with E-state index in [1.165, 1.54) is 11.1 Å². The predicted octanol–water partition coefficient (Wildman–Crippen LogP) is 11.0. The molecular weight excluding hydrogens is 594 g/mol. The molecule has 0 fully saturated rings. The molecule has 0 radical (unpaired) electrons. The molecule has 2 atom stereocenters. The molecule has 0 aliphatic carbocycles. The molecular formula is C43H65NO4.